The fraction of sp³-hybridized carbons (Fsp3) is 0.476. The molecule has 2 N–H and O–H groups in total. The van der Waals surface area contributed by atoms with Crippen molar-refractivity contribution in [2.45, 2.75) is 62.7 Å². The summed E-state index contributed by atoms with van der Waals surface area (Å²) in [6, 6.07) is 4.92. The van der Waals surface area contributed by atoms with E-state index in [0.717, 1.165) is 56.1 Å². The molecule has 0 radical (unpaired) electrons. The van der Waals surface area contributed by atoms with Crippen LogP contribution in [0.1, 0.15) is 63.4 Å². The van der Waals surface area contributed by atoms with Crippen LogP contribution in [-0.4, -0.2) is 20.9 Å². The van der Waals surface area contributed by atoms with Crippen molar-refractivity contribution < 1.29 is 13.2 Å². The van der Waals surface area contributed by atoms with Crippen molar-refractivity contribution in [1.29, 1.82) is 0 Å². The van der Waals surface area contributed by atoms with Crippen molar-refractivity contribution in [2.75, 3.05) is 11.9 Å². The van der Waals surface area contributed by atoms with Crippen molar-refractivity contribution >= 4 is 27.2 Å². The van der Waals surface area contributed by atoms with E-state index in [-0.39, 0.29) is 10.8 Å². The van der Waals surface area contributed by atoms with Gasteiger partial charge in [-0.25, -0.2) is 13.1 Å². The summed E-state index contributed by atoms with van der Waals surface area (Å²) < 4.78 is 28.2. The van der Waals surface area contributed by atoms with E-state index in [1.54, 1.807) is 18.2 Å². The Morgan fingerprint density at radius 3 is 2.56 bits per heavy atom. The van der Waals surface area contributed by atoms with E-state index in [1.807, 2.05) is 0 Å². The molecule has 0 bridgehead atoms. The van der Waals surface area contributed by atoms with Crippen LogP contribution in [0.4, 0.5) is 5.69 Å². The second-order valence-electron chi connectivity index (χ2n) is 7.60. The molecule has 0 saturated heterocycles. The minimum absolute atomic E-state index is 0.103. The van der Waals surface area contributed by atoms with Gasteiger partial charge in [0.05, 0.1) is 4.90 Å². The van der Waals surface area contributed by atoms with Crippen LogP contribution in [0.25, 0.3) is 5.57 Å². The third-order valence-corrected chi connectivity index (χ3v) is 7.19. The van der Waals surface area contributed by atoms with Crippen LogP contribution in [0.15, 0.2) is 40.3 Å². The maximum atomic E-state index is 12.7. The van der Waals surface area contributed by atoms with Crippen molar-refractivity contribution in [3.05, 3.63) is 41.0 Å². The van der Waals surface area contributed by atoms with Crippen molar-refractivity contribution in [2.24, 2.45) is 0 Å². The van der Waals surface area contributed by atoms with E-state index in [1.165, 1.54) is 18.4 Å². The lowest BCUT2D eigenvalue weighted by atomic mass is 9.97. The van der Waals surface area contributed by atoms with E-state index in [4.69, 9.17) is 0 Å². The molecule has 1 aromatic rings. The van der Waals surface area contributed by atoms with Gasteiger partial charge in [-0.15, -0.1) is 0 Å². The lowest BCUT2D eigenvalue weighted by molar-refractivity contribution is -0.110. The summed E-state index contributed by atoms with van der Waals surface area (Å²) in [5.41, 5.74) is 4.63. The summed E-state index contributed by atoms with van der Waals surface area (Å²) in [5, 5.41) is 2.87. The molecule has 6 heteroatoms. The topological polar surface area (TPSA) is 75.3 Å². The smallest absolute Gasteiger partial charge is 0.256 e. The summed E-state index contributed by atoms with van der Waals surface area (Å²) in [6.45, 7) is 0.413. The largest absolute Gasteiger partial charge is 0.321 e. The average Bonchev–Trinajstić information content (AvgIpc) is 3.28. The average molecular weight is 387 g/mol. The number of sulfonamides is 1. The van der Waals surface area contributed by atoms with Gasteiger partial charge in [-0.2, -0.15) is 0 Å². The van der Waals surface area contributed by atoms with Gasteiger partial charge in [0.1, 0.15) is 0 Å². The Hall–Kier alpha value is -1.92. The number of carbonyl (C=O) groups excluding carboxylic acids is 1. The summed E-state index contributed by atoms with van der Waals surface area (Å²) in [6.07, 6.45) is 11.6. The summed E-state index contributed by atoms with van der Waals surface area (Å²) in [4.78, 5) is 12.6. The third-order valence-electron chi connectivity index (χ3n) is 5.73. The quantitative estimate of drug-likeness (QED) is 0.590. The molecule has 1 amide bonds. The molecule has 2 aliphatic carbocycles. The summed E-state index contributed by atoms with van der Waals surface area (Å²) in [5.74, 6) is -0.103. The number of amides is 1. The van der Waals surface area contributed by atoms with Crippen LogP contribution in [-0.2, 0) is 14.8 Å². The maximum Gasteiger partial charge on any atom is 0.256 e. The Labute approximate surface area is 161 Å². The standard InChI is InChI=1S/C21H26N2O3S/c24-21-20(16-8-4-5-9-16)18-14-17(10-11-19(18)23-21)27(25,26)22-13-12-15-6-2-1-3-7-15/h6,10-11,14,22H,1-5,7-9,12-13H2,(H,23,24). The molecule has 5 nitrogen and oxygen atoms in total. The first-order valence-corrected chi connectivity index (χ1v) is 11.4. The van der Waals surface area contributed by atoms with Gasteiger partial charge in [-0.05, 0) is 76.0 Å². The Morgan fingerprint density at radius 2 is 1.81 bits per heavy atom. The number of benzene rings is 1. The molecule has 27 heavy (non-hydrogen) atoms. The lowest BCUT2D eigenvalue weighted by Gasteiger charge is -2.13. The first-order valence-electron chi connectivity index (χ1n) is 9.90. The van der Waals surface area contributed by atoms with Gasteiger partial charge >= 0.3 is 0 Å². The molecule has 144 valence electrons. The van der Waals surface area contributed by atoms with Gasteiger partial charge in [0, 0.05) is 23.4 Å². The highest BCUT2D eigenvalue weighted by molar-refractivity contribution is 7.89. The van der Waals surface area contributed by atoms with Crippen LogP contribution in [0.3, 0.4) is 0 Å². The highest BCUT2D eigenvalue weighted by atomic mass is 32.2. The molecular formula is C21H26N2O3S. The molecule has 1 aromatic carbocycles. The molecule has 1 heterocycles. The second-order valence-corrected chi connectivity index (χ2v) is 9.37. The zero-order valence-electron chi connectivity index (χ0n) is 15.5. The van der Waals surface area contributed by atoms with Crippen molar-refractivity contribution in [1.82, 2.24) is 4.72 Å². The van der Waals surface area contributed by atoms with Gasteiger partial charge in [-0.3, -0.25) is 4.79 Å². The fourth-order valence-electron chi connectivity index (χ4n) is 4.28. The van der Waals surface area contributed by atoms with Crippen LogP contribution >= 0.6 is 0 Å². The Balaban J connectivity index is 1.53. The van der Waals surface area contributed by atoms with E-state index < -0.39 is 10.0 Å². The maximum absolute atomic E-state index is 12.7. The van der Waals surface area contributed by atoms with Gasteiger partial charge in [-0.1, -0.05) is 17.2 Å². The van der Waals surface area contributed by atoms with Gasteiger partial charge in [0.2, 0.25) is 10.0 Å². The molecule has 0 atom stereocenters. The van der Waals surface area contributed by atoms with Gasteiger partial charge in [0.25, 0.3) is 5.91 Å². The minimum Gasteiger partial charge on any atom is -0.321 e. The summed E-state index contributed by atoms with van der Waals surface area (Å²) in [7, 11) is -3.59. The number of hydrogen-bond acceptors (Lipinski definition) is 3. The number of hydrogen-bond donors (Lipinski definition) is 2. The number of rotatable bonds is 5. The highest BCUT2D eigenvalue weighted by Crippen LogP contribution is 2.40. The van der Waals surface area contributed by atoms with Gasteiger partial charge in [0.15, 0.2) is 0 Å². The zero-order valence-corrected chi connectivity index (χ0v) is 16.3. The molecule has 1 aliphatic heterocycles. The number of allylic oxidation sites excluding steroid dienone is 2. The molecule has 4 rings (SSSR count). The number of carbonyl (C=O) groups is 1. The highest BCUT2D eigenvalue weighted by Gasteiger charge is 2.30. The van der Waals surface area contributed by atoms with Crippen LogP contribution < -0.4 is 10.0 Å². The van der Waals surface area contributed by atoms with E-state index in [9.17, 15) is 13.2 Å². The molecule has 1 fully saturated rings. The Kier molecular flexibility index (Phi) is 5.19. The Bertz CT molecular complexity index is 921. The number of anilines is 1. The predicted molar refractivity (Wildman–Crippen MR) is 107 cm³/mol. The van der Waals surface area contributed by atoms with Crippen LogP contribution in [0.2, 0.25) is 0 Å². The third kappa shape index (κ3) is 3.87. The second kappa shape index (κ2) is 7.60. The molecule has 0 spiro atoms. The molecule has 0 aromatic heterocycles. The monoisotopic (exact) mass is 386 g/mol. The first kappa shape index (κ1) is 18.4. The lowest BCUT2D eigenvalue weighted by Crippen LogP contribution is -2.25. The molecule has 0 unspecified atom stereocenters. The van der Waals surface area contributed by atoms with E-state index in [2.05, 4.69) is 16.1 Å². The molecule has 1 saturated carbocycles. The fourth-order valence-corrected chi connectivity index (χ4v) is 5.33. The predicted octanol–water partition coefficient (Wildman–Crippen LogP) is 4.14. The number of fused-ring (bicyclic) bond motifs is 1. The zero-order chi connectivity index (χ0) is 18.9. The normalized spacial score (nSPS) is 19.9. The van der Waals surface area contributed by atoms with Crippen molar-refractivity contribution in [3.8, 4) is 0 Å². The first-order chi connectivity index (χ1) is 13.0. The van der Waals surface area contributed by atoms with E-state index in [0.29, 0.717) is 17.8 Å². The Morgan fingerprint density at radius 1 is 1.04 bits per heavy atom. The van der Waals surface area contributed by atoms with Crippen LogP contribution in [0, 0.1) is 0 Å². The molecular weight excluding hydrogens is 360 g/mol. The van der Waals surface area contributed by atoms with Gasteiger partial charge < -0.3 is 5.32 Å². The van der Waals surface area contributed by atoms with Crippen molar-refractivity contribution in [3.63, 3.8) is 0 Å². The number of nitrogens with one attached hydrogen (secondary N) is 2. The van der Waals surface area contributed by atoms with E-state index >= 15 is 0 Å². The minimum atomic E-state index is -3.59. The van der Waals surface area contributed by atoms with Crippen LogP contribution in [0.5, 0.6) is 0 Å². The summed E-state index contributed by atoms with van der Waals surface area (Å²) >= 11 is 0. The SMILES string of the molecule is O=C1Nc2ccc(S(=O)(=O)NCCC3=CCCCC3)cc2C1=C1CCCC1. The molecule has 3 aliphatic rings.